The Morgan fingerprint density at radius 1 is 0.407 bits per heavy atom. The molecule has 1 amide bonds. The molecular weight excluding hydrogens is 1170 g/mol. The Hall–Kier alpha value is -2.25. The molecule has 3 aliphatic heterocycles. The fourth-order valence-corrected chi connectivity index (χ4v) is 12.3. The van der Waals surface area contributed by atoms with E-state index in [0.29, 0.717) is 6.42 Å². The van der Waals surface area contributed by atoms with E-state index in [1.54, 1.807) is 6.08 Å². The first-order valence-corrected chi connectivity index (χ1v) is 36.4. The minimum atomic E-state index is -1.98. The van der Waals surface area contributed by atoms with Gasteiger partial charge in [0.05, 0.1) is 38.6 Å². The molecule has 0 spiro atoms. The third-order valence-corrected chi connectivity index (χ3v) is 18.1. The van der Waals surface area contributed by atoms with Gasteiger partial charge in [0, 0.05) is 6.42 Å². The Balaban J connectivity index is 1.36. The van der Waals surface area contributed by atoms with Crippen LogP contribution in [0.3, 0.4) is 0 Å². The van der Waals surface area contributed by atoms with Crippen molar-refractivity contribution in [3.05, 3.63) is 48.6 Å². The molecule has 0 saturated carbocycles. The maximum atomic E-state index is 13.3. The highest BCUT2D eigenvalue weighted by Gasteiger charge is 2.53. The van der Waals surface area contributed by atoms with Crippen molar-refractivity contribution >= 4 is 5.91 Å². The van der Waals surface area contributed by atoms with Crippen LogP contribution in [0.25, 0.3) is 0 Å². The number of allylic oxidation sites excluding steroid dienone is 7. The lowest BCUT2D eigenvalue weighted by Gasteiger charge is -2.48. The van der Waals surface area contributed by atoms with Gasteiger partial charge in [0.1, 0.15) is 73.2 Å². The van der Waals surface area contributed by atoms with Crippen LogP contribution < -0.4 is 5.32 Å². The molecule has 532 valence electrons. The molecule has 3 saturated heterocycles. The van der Waals surface area contributed by atoms with Crippen LogP contribution in [-0.4, -0.2) is 193 Å². The monoisotopic (exact) mass is 1300 g/mol. The summed E-state index contributed by atoms with van der Waals surface area (Å²) in [7, 11) is 0. The quantitative estimate of drug-likeness (QED) is 0.0199. The number of rotatable bonds is 56. The highest BCUT2D eigenvalue weighted by Crippen LogP contribution is 2.33. The Morgan fingerprint density at radius 2 is 0.758 bits per heavy atom. The van der Waals surface area contributed by atoms with Crippen LogP contribution in [-0.2, 0) is 33.2 Å². The summed E-state index contributed by atoms with van der Waals surface area (Å²) in [5, 5.41) is 120. The lowest BCUT2D eigenvalue weighted by molar-refractivity contribution is -0.379. The second-order valence-electron chi connectivity index (χ2n) is 26.0. The van der Waals surface area contributed by atoms with Gasteiger partial charge in [-0.2, -0.15) is 0 Å². The molecular formula is C72H131NO18. The molecule has 17 atom stereocenters. The van der Waals surface area contributed by atoms with Gasteiger partial charge in [0.25, 0.3) is 0 Å². The summed E-state index contributed by atoms with van der Waals surface area (Å²) >= 11 is 0. The Labute approximate surface area is 548 Å². The summed E-state index contributed by atoms with van der Waals surface area (Å²) in [6.07, 6.45) is 38.5. The maximum absolute atomic E-state index is 13.3. The van der Waals surface area contributed by atoms with Crippen molar-refractivity contribution in [2.45, 2.75) is 375 Å². The van der Waals surface area contributed by atoms with E-state index in [-0.39, 0.29) is 18.9 Å². The van der Waals surface area contributed by atoms with Crippen molar-refractivity contribution in [1.29, 1.82) is 0 Å². The number of carbonyl (C=O) groups is 1. The lowest BCUT2D eigenvalue weighted by Crippen LogP contribution is -2.66. The van der Waals surface area contributed by atoms with Crippen molar-refractivity contribution < 1.29 is 89.4 Å². The summed E-state index contributed by atoms with van der Waals surface area (Å²) in [4.78, 5) is 13.3. The fourth-order valence-electron chi connectivity index (χ4n) is 12.3. The zero-order chi connectivity index (χ0) is 66.1. The van der Waals surface area contributed by atoms with Crippen molar-refractivity contribution in [2.75, 3.05) is 26.4 Å². The first-order valence-electron chi connectivity index (χ1n) is 36.4. The van der Waals surface area contributed by atoms with E-state index in [1.807, 2.05) is 6.08 Å². The van der Waals surface area contributed by atoms with E-state index in [1.165, 1.54) is 180 Å². The molecule has 91 heavy (non-hydrogen) atoms. The smallest absolute Gasteiger partial charge is 0.220 e. The third-order valence-electron chi connectivity index (χ3n) is 18.1. The molecule has 0 bridgehead atoms. The van der Waals surface area contributed by atoms with Crippen LogP contribution in [0.1, 0.15) is 271 Å². The number of carbonyl (C=O) groups excluding carboxylic acids is 1. The number of hydrogen-bond donors (Lipinski definition) is 12. The molecule has 17 unspecified atom stereocenters. The van der Waals surface area contributed by atoms with E-state index < -0.39 is 124 Å². The standard InChI is InChI=1S/C72H131NO18/c1-3-5-7-9-11-13-15-17-18-19-20-21-22-23-24-25-26-27-28-29-30-31-32-33-34-35-36-38-39-41-43-45-47-49-56(77)55(73-60(78)50-48-46-44-42-40-37-16-14-12-10-8-6-4-2)54-86-70-66(84)63(81)68(58(52-75)88-70)91-72-67(85)64(82)69(59(53-76)89-72)90-71-65(83)62(80)61(79)57(51-74)87-71/h6,8,12,14,37,40,47,49,55-59,61-72,74-77,79-85H,3-5,7,9-11,13,15-36,38-39,41-46,48,50-54H2,1-2H3,(H,73,78)/b8-6-,14-12-,40-37-,49-47+. The predicted molar refractivity (Wildman–Crippen MR) is 356 cm³/mol. The number of ether oxygens (including phenoxy) is 6. The average Bonchev–Trinajstić information content (AvgIpc) is 0.877. The molecule has 0 radical (unpaired) electrons. The SMILES string of the molecule is CC/C=C\C/C=C\C/C=C\CCCCCC(=O)NC(COC1OC(CO)C(OC2OC(CO)C(OC3OC(CO)C(O)C(O)C3O)C(O)C2O)C(O)C1O)C(O)/C=C/CCCCCCCCCCCCCCCCCCCCCCCCCCCCCCCCC. The van der Waals surface area contributed by atoms with E-state index in [2.05, 4.69) is 55.6 Å². The summed E-state index contributed by atoms with van der Waals surface area (Å²) in [5.74, 6) is -0.304. The fraction of sp³-hybridized carbons (Fsp3) is 0.875. The van der Waals surface area contributed by atoms with Gasteiger partial charge in [0.2, 0.25) is 5.91 Å². The van der Waals surface area contributed by atoms with Crippen molar-refractivity contribution in [2.24, 2.45) is 0 Å². The summed E-state index contributed by atoms with van der Waals surface area (Å²) in [5.41, 5.74) is 0. The number of aliphatic hydroxyl groups excluding tert-OH is 11. The van der Waals surface area contributed by atoms with Gasteiger partial charge in [-0.1, -0.05) is 262 Å². The highest BCUT2D eigenvalue weighted by atomic mass is 16.8. The molecule has 0 aromatic heterocycles. The first-order chi connectivity index (χ1) is 44.3. The molecule has 3 heterocycles. The van der Waals surface area contributed by atoms with Crippen LogP contribution in [0.15, 0.2) is 48.6 Å². The zero-order valence-electron chi connectivity index (χ0n) is 56.3. The van der Waals surface area contributed by atoms with Gasteiger partial charge >= 0.3 is 0 Å². The Bertz CT molecular complexity index is 1840. The predicted octanol–water partition coefficient (Wildman–Crippen LogP) is 10.2. The summed E-state index contributed by atoms with van der Waals surface area (Å²) in [6, 6.07) is -0.990. The molecule has 3 rings (SSSR count). The Kier molecular flexibility index (Phi) is 49.1. The summed E-state index contributed by atoms with van der Waals surface area (Å²) < 4.78 is 34.3. The van der Waals surface area contributed by atoms with Crippen molar-refractivity contribution in [3.63, 3.8) is 0 Å². The third kappa shape index (κ3) is 35.5. The second kappa shape index (κ2) is 53.8. The van der Waals surface area contributed by atoms with Crippen molar-refractivity contribution in [3.8, 4) is 0 Å². The first kappa shape index (κ1) is 83.0. The number of unbranched alkanes of at least 4 members (excludes halogenated alkanes) is 34. The second-order valence-corrected chi connectivity index (χ2v) is 26.0. The van der Waals surface area contributed by atoms with Gasteiger partial charge in [-0.3, -0.25) is 4.79 Å². The zero-order valence-corrected chi connectivity index (χ0v) is 56.3. The van der Waals surface area contributed by atoms with Crippen LogP contribution in [0.5, 0.6) is 0 Å². The number of amides is 1. The molecule has 0 aliphatic carbocycles. The van der Waals surface area contributed by atoms with E-state index >= 15 is 0 Å². The number of hydrogen-bond acceptors (Lipinski definition) is 18. The minimum Gasteiger partial charge on any atom is -0.394 e. The van der Waals surface area contributed by atoms with Crippen LogP contribution >= 0.6 is 0 Å². The molecule has 3 fully saturated rings. The van der Waals surface area contributed by atoms with Gasteiger partial charge in [-0.25, -0.2) is 0 Å². The van der Waals surface area contributed by atoms with Gasteiger partial charge < -0.3 is 89.9 Å². The number of nitrogens with one attached hydrogen (secondary N) is 1. The molecule has 0 aromatic rings. The van der Waals surface area contributed by atoms with Gasteiger partial charge in [0.15, 0.2) is 18.9 Å². The van der Waals surface area contributed by atoms with Crippen LogP contribution in [0.4, 0.5) is 0 Å². The van der Waals surface area contributed by atoms with E-state index in [0.717, 1.165) is 64.2 Å². The molecule has 12 N–H and O–H groups in total. The van der Waals surface area contributed by atoms with E-state index in [4.69, 9.17) is 28.4 Å². The van der Waals surface area contributed by atoms with Crippen LogP contribution in [0, 0.1) is 0 Å². The topological polar surface area (TPSA) is 307 Å². The normalized spacial score (nSPS) is 28.1. The molecule has 3 aliphatic rings. The maximum Gasteiger partial charge on any atom is 0.220 e. The number of aliphatic hydroxyl groups is 11. The average molecular weight is 1300 g/mol. The van der Waals surface area contributed by atoms with Crippen molar-refractivity contribution in [1.82, 2.24) is 5.32 Å². The Morgan fingerprint density at radius 3 is 1.19 bits per heavy atom. The van der Waals surface area contributed by atoms with Gasteiger partial charge in [-0.15, -0.1) is 0 Å². The molecule has 19 nitrogen and oxygen atoms in total. The molecule has 19 heteroatoms. The molecule has 0 aromatic carbocycles. The minimum absolute atomic E-state index is 0.207. The summed E-state index contributed by atoms with van der Waals surface area (Å²) in [6.45, 7) is 1.61. The largest absolute Gasteiger partial charge is 0.394 e. The van der Waals surface area contributed by atoms with E-state index in [9.17, 15) is 61.0 Å². The highest BCUT2D eigenvalue weighted by molar-refractivity contribution is 5.76. The van der Waals surface area contributed by atoms with Gasteiger partial charge in [-0.05, 0) is 51.4 Å². The van der Waals surface area contributed by atoms with Crippen LogP contribution in [0.2, 0.25) is 0 Å². The lowest BCUT2D eigenvalue weighted by atomic mass is 9.96.